The third-order valence-electron chi connectivity index (χ3n) is 5.63. The molecule has 2 atom stereocenters. The first-order valence-electron chi connectivity index (χ1n) is 9.12. The standard InChI is InChI=1S/C19H24N2O3S/c22-18(11-14-9-15-5-1-2-6-16(15)10-14)21-13-25(24)12-17(21)19(23)20-7-3-4-8-20/h1-2,5-6,14,17H,3-4,7-13H2/t17-,25?/m0/s1. The molecule has 0 radical (unpaired) electrons. The Balaban J connectivity index is 1.41. The molecule has 2 saturated heterocycles. The lowest BCUT2D eigenvalue weighted by molar-refractivity contribution is -0.143. The van der Waals surface area contributed by atoms with Crippen LogP contribution in [0.15, 0.2) is 24.3 Å². The van der Waals surface area contributed by atoms with E-state index in [4.69, 9.17) is 0 Å². The van der Waals surface area contributed by atoms with Crippen molar-refractivity contribution < 1.29 is 14.1 Å². The molecule has 0 saturated carbocycles. The number of hydrogen-bond donors (Lipinski definition) is 0. The summed E-state index contributed by atoms with van der Waals surface area (Å²) in [5.41, 5.74) is 2.66. The predicted molar refractivity (Wildman–Crippen MR) is 96.3 cm³/mol. The number of hydrogen-bond acceptors (Lipinski definition) is 3. The molecule has 4 rings (SSSR count). The van der Waals surface area contributed by atoms with E-state index in [-0.39, 0.29) is 17.7 Å². The van der Waals surface area contributed by atoms with Crippen molar-refractivity contribution in [3.05, 3.63) is 35.4 Å². The van der Waals surface area contributed by atoms with E-state index < -0.39 is 17.2 Å². The minimum absolute atomic E-state index is 0.00796. The van der Waals surface area contributed by atoms with Crippen molar-refractivity contribution in [2.24, 2.45) is 5.92 Å². The van der Waals surface area contributed by atoms with Gasteiger partial charge in [0.25, 0.3) is 0 Å². The predicted octanol–water partition coefficient (Wildman–Crippen LogP) is 1.33. The van der Waals surface area contributed by atoms with Gasteiger partial charge in [-0.2, -0.15) is 0 Å². The Morgan fingerprint density at radius 3 is 2.40 bits per heavy atom. The first-order valence-corrected chi connectivity index (χ1v) is 10.6. The van der Waals surface area contributed by atoms with Gasteiger partial charge in [0.05, 0.1) is 0 Å². The molecule has 5 nitrogen and oxygen atoms in total. The van der Waals surface area contributed by atoms with Crippen LogP contribution in [0.1, 0.15) is 30.4 Å². The van der Waals surface area contributed by atoms with Crippen molar-refractivity contribution in [2.75, 3.05) is 24.7 Å². The molecule has 0 aromatic heterocycles. The van der Waals surface area contributed by atoms with E-state index in [0.717, 1.165) is 38.8 Å². The first kappa shape index (κ1) is 16.9. The summed E-state index contributed by atoms with van der Waals surface area (Å²) in [5.74, 6) is 0.781. The Morgan fingerprint density at radius 2 is 1.76 bits per heavy atom. The molecule has 3 aliphatic rings. The van der Waals surface area contributed by atoms with Crippen LogP contribution < -0.4 is 0 Å². The van der Waals surface area contributed by atoms with E-state index in [1.54, 1.807) is 4.90 Å². The van der Waals surface area contributed by atoms with Gasteiger partial charge in [-0.1, -0.05) is 24.3 Å². The SMILES string of the molecule is O=C([C@@H]1C[S+]([O-])CN1C(=O)CC1Cc2ccccc2C1)N1CCCC1. The van der Waals surface area contributed by atoms with Crippen molar-refractivity contribution in [1.29, 1.82) is 0 Å². The third kappa shape index (κ3) is 3.42. The number of fused-ring (bicyclic) bond motifs is 1. The summed E-state index contributed by atoms with van der Waals surface area (Å²) < 4.78 is 12.0. The maximum atomic E-state index is 12.8. The van der Waals surface area contributed by atoms with Gasteiger partial charge in [-0.15, -0.1) is 0 Å². The summed E-state index contributed by atoms with van der Waals surface area (Å²) >= 11 is -1.11. The molecule has 25 heavy (non-hydrogen) atoms. The van der Waals surface area contributed by atoms with Crippen LogP contribution >= 0.6 is 0 Å². The molecule has 0 N–H and O–H groups in total. The van der Waals surface area contributed by atoms with E-state index >= 15 is 0 Å². The molecule has 1 aromatic carbocycles. The first-order chi connectivity index (χ1) is 12.1. The van der Waals surface area contributed by atoms with E-state index in [9.17, 15) is 14.1 Å². The van der Waals surface area contributed by atoms with Crippen LogP contribution in [0.25, 0.3) is 0 Å². The number of rotatable bonds is 3. The van der Waals surface area contributed by atoms with E-state index in [1.165, 1.54) is 11.1 Å². The van der Waals surface area contributed by atoms with E-state index in [2.05, 4.69) is 12.1 Å². The van der Waals surface area contributed by atoms with Gasteiger partial charge in [0.15, 0.2) is 11.9 Å². The van der Waals surface area contributed by atoms with Crippen LogP contribution in [-0.2, 0) is 33.6 Å². The highest BCUT2D eigenvalue weighted by atomic mass is 32.2. The molecule has 1 aliphatic carbocycles. The number of likely N-dealkylation sites (tertiary alicyclic amines) is 1. The van der Waals surface area contributed by atoms with Gasteiger partial charge < -0.3 is 9.45 Å². The van der Waals surface area contributed by atoms with Gasteiger partial charge >= 0.3 is 0 Å². The van der Waals surface area contributed by atoms with Crippen LogP contribution in [0.4, 0.5) is 0 Å². The molecule has 2 aliphatic heterocycles. The van der Waals surface area contributed by atoms with Crippen molar-refractivity contribution in [2.45, 2.75) is 38.1 Å². The fourth-order valence-corrected chi connectivity index (χ4v) is 5.74. The fraction of sp³-hybridized carbons (Fsp3) is 0.579. The molecule has 2 fully saturated rings. The van der Waals surface area contributed by atoms with Gasteiger partial charge in [0.2, 0.25) is 11.8 Å². The van der Waals surface area contributed by atoms with Crippen LogP contribution in [0, 0.1) is 5.92 Å². The molecule has 2 heterocycles. The monoisotopic (exact) mass is 360 g/mol. The second kappa shape index (κ2) is 7.00. The zero-order chi connectivity index (χ0) is 17.4. The highest BCUT2D eigenvalue weighted by Gasteiger charge is 2.44. The third-order valence-corrected chi connectivity index (χ3v) is 6.88. The molecular formula is C19H24N2O3S. The maximum absolute atomic E-state index is 12.8. The van der Waals surface area contributed by atoms with Gasteiger partial charge in [-0.3, -0.25) is 14.5 Å². The van der Waals surface area contributed by atoms with Gasteiger partial charge in [0, 0.05) is 19.5 Å². The van der Waals surface area contributed by atoms with Gasteiger partial charge in [-0.25, -0.2) is 0 Å². The number of amides is 2. The minimum atomic E-state index is -1.11. The Morgan fingerprint density at radius 1 is 1.12 bits per heavy atom. The normalized spacial score (nSPS) is 26.3. The average molecular weight is 360 g/mol. The summed E-state index contributed by atoms with van der Waals surface area (Å²) in [6, 6.07) is 7.82. The highest BCUT2D eigenvalue weighted by Crippen LogP contribution is 2.30. The summed E-state index contributed by atoms with van der Waals surface area (Å²) in [4.78, 5) is 29.0. The molecular weight excluding hydrogens is 336 g/mol. The zero-order valence-corrected chi connectivity index (χ0v) is 15.2. The highest BCUT2D eigenvalue weighted by molar-refractivity contribution is 7.91. The van der Waals surface area contributed by atoms with Crippen LogP contribution in [0.3, 0.4) is 0 Å². The summed E-state index contributed by atoms with van der Waals surface area (Å²) in [7, 11) is 0. The Kier molecular flexibility index (Phi) is 4.73. The molecule has 1 unspecified atom stereocenters. The summed E-state index contributed by atoms with van der Waals surface area (Å²) in [5, 5.41) is 0. The zero-order valence-electron chi connectivity index (χ0n) is 14.4. The number of carbonyl (C=O) groups is 2. The molecule has 0 spiro atoms. The number of carbonyl (C=O) groups excluding carboxylic acids is 2. The van der Waals surface area contributed by atoms with Crippen molar-refractivity contribution in [3.63, 3.8) is 0 Å². The lowest BCUT2D eigenvalue weighted by Gasteiger charge is -2.25. The molecule has 6 heteroatoms. The largest absolute Gasteiger partial charge is 0.615 e. The second-order valence-electron chi connectivity index (χ2n) is 7.39. The van der Waals surface area contributed by atoms with E-state index in [0.29, 0.717) is 18.1 Å². The minimum Gasteiger partial charge on any atom is -0.615 e. The fourth-order valence-electron chi connectivity index (χ4n) is 4.32. The Labute approximate surface area is 151 Å². The summed E-state index contributed by atoms with van der Waals surface area (Å²) in [6.07, 6.45) is 4.33. The Bertz CT molecular complexity index is 649. The average Bonchev–Trinajstić information content (AvgIpc) is 3.32. The van der Waals surface area contributed by atoms with Gasteiger partial charge in [-0.05, 0) is 53.9 Å². The quantitative estimate of drug-likeness (QED) is 0.764. The van der Waals surface area contributed by atoms with Gasteiger partial charge in [0.1, 0.15) is 5.75 Å². The number of benzene rings is 1. The topological polar surface area (TPSA) is 63.7 Å². The van der Waals surface area contributed by atoms with Crippen molar-refractivity contribution in [3.8, 4) is 0 Å². The lowest BCUT2D eigenvalue weighted by atomic mass is 10.0. The molecule has 0 bridgehead atoms. The second-order valence-corrected chi connectivity index (χ2v) is 8.87. The van der Waals surface area contributed by atoms with Crippen molar-refractivity contribution >= 4 is 23.0 Å². The van der Waals surface area contributed by atoms with Crippen LogP contribution in [0.5, 0.6) is 0 Å². The summed E-state index contributed by atoms with van der Waals surface area (Å²) in [6.45, 7) is 1.53. The molecule has 134 valence electrons. The smallest absolute Gasteiger partial charge is 0.250 e. The van der Waals surface area contributed by atoms with Crippen LogP contribution in [-0.4, -0.2) is 56.9 Å². The lowest BCUT2D eigenvalue weighted by Crippen LogP contribution is -2.48. The Hall–Kier alpha value is -1.53. The molecule has 2 amide bonds. The van der Waals surface area contributed by atoms with Crippen molar-refractivity contribution in [1.82, 2.24) is 9.80 Å². The molecule has 1 aromatic rings. The maximum Gasteiger partial charge on any atom is 0.250 e. The number of nitrogens with zero attached hydrogens (tertiary/aromatic N) is 2. The van der Waals surface area contributed by atoms with E-state index in [1.807, 2.05) is 17.0 Å². The van der Waals surface area contributed by atoms with Crippen LogP contribution in [0.2, 0.25) is 0 Å².